The standard InChI is InChI=1S/C12H25NO/c1-3-13-12-8-6-5-7-11(9-12)10-14-4-2/h11-13H,3-10H2,1-2H3. The van der Waals surface area contributed by atoms with E-state index in [0.717, 1.165) is 31.7 Å². The summed E-state index contributed by atoms with van der Waals surface area (Å²) in [7, 11) is 0. The van der Waals surface area contributed by atoms with Crippen LogP contribution in [0.1, 0.15) is 46.0 Å². The van der Waals surface area contributed by atoms with Gasteiger partial charge in [0.1, 0.15) is 0 Å². The highest BCUT2D eigenvalue weighted by atomic mass is 16.5. The lowest BCUT2D eigenvalue weighted by molar-refractivity contribution is 0.101. The zero-order valence-electron chi connectivity index (χ0n) is 9.72. The summed E-state index contributed by atoms with van der Waals surface area (Å²) < 4.78 is 5.53. The maximum atomic E-state index is 5.53. The summed E-state index contributed by atoms with van der Waals surface area (Å²) in [6, 6.07) is 0.743. The maximum absolute atomic E-state index is 5.53. The van der Waals surface area contributed by atoms with Crippen LogP contribution >= 0.6 is 0 Å². The Hall–Kier alpha value is -0.0800. The molecule has 0 radical (unpaired) electrons. The molecule has 2 unspecified atom stereocenters. The quantitative estimate of drug-likeness (QED) is 0.687. The van der Waals surface area contributed by atoms with Crippen LogP contribution in [0.25, 0.3) is 0 Å². The largest absolute Gasteiger partial charge is 0.381 e. The molecule has 2 atom stereocenters. The van der Waals surface area contributed by atoms with Crippen molar-refractivity contribution >= 4 is 0 Å². The molecule has 1 fully saturated rings. The van der Waals surface area contributed by atoms with Gasteiger partial charge in [-0.1, -0.05) is 19.8 Å². The Bertz CT molecular complexity index is 138. The SMILES string of the molecule is CCNC1CCCCC(COCC)C1. The summed E-state index contributed by atoms with van der Waals surface area (Å²) >= 11 is 0. The highest BCUT2D eigenvalue weighted by Crippen LogP contribution is 2.23. The third-order valence-electron chi connectivity index (χ3n) is 3.08. The van der Waals surface area contributed by atoms with Gasteiger partial charge >= 0.3 is 0 Å². The fraction of sp³-hybridized carbons (Fsp3) is 1.00. The van der Waals surface area contributed by atoms with E-state index in [-0.39, 0.29) is 0 Å². The first kappa shape index (κ1) is 12.0. The van der Waals surface area contributed by atoms with Gasteiger partial charge in [-0.25, -0.2) is 0 Å². The second-order valence-corrected chi connectivity index (χ2v) is 4.30. The summed E-state index contributed by atoms with van der Waals surface area (Å²) in [5.41, 5.74) is 0. The van der Waals surface area contributed by atoms with Crippen LogP contribution in [-0.2, 0) is 4.74 Å². The van der Waals surface area contributed by atoms with Gasteiger partial charge in [0, 0.05) is 19.3 Å². The maximum Gasteiger partial charge on any atom is 0.0494 e. The summed E-state index contributed by atoms with van der Waals surface area (Å²) in [5.74, 6) is 0.793. The lowest BCUT2D eigenvalue weighted by Gasteiger charge is -2.20. The Morgan fingerprint density at radius 2 is 2.00 bits per heavy atom. The minimum atomic E-state index is 0.743. The zero-order valence-corrected chi connectivity index (χ0v) is 9.72. The van der Waals surface area contributed by atoms with Crippen molar-refractivity contribution in [1.29, 1.82) is 0 Å². The molecule has 0 aliphatic heterocycles. The molecule has 0 amide bonds. The van der Waals surface area contributed by atoms with E-state index >= 15 is 0 Å². The minimum absolute atomic E-state index is 0.743. The molecule has 0 aromatic heterocycles. The fourth-order valence-corrected chi connectivity index (χ4v) is 2.37. The van der Waals surface area contributed by atoms with Crippen LogP contribution < -0.4 is 5.32 Å². The van der Waals surface area contributed by atoms with Crippen LogP contribution in [0.2, 0.25) is 0 Å². The Morgan fingerprint density at radius 3 is 2.71 bits per heavy atom. The number of ether oxygens (including phenoxy) is 1. The molecule has 0 saturated heterocycles. The number of rotatable bonds is 5. The van der Waals surface area contributed by atoms with Gasteiger partial charge in [0.25, 0.3) is 0 Å². The normalized spacial score (nSPS) is 28.7. The van der Waals surface area contributed by atoms with E-state index < -0.39 is 0 Å². The lowest BCUT2D eigenvalue weighted by Crippen LogP contribution is -2.30. The van der Waals surface area contributed by atoms with Crippen LogP contribution in [0.3, 0.4) is 0 Å². The van der Waals surface area contributed by atoms with Crippen molar-refractivity contribution in [3.8, 4) is 0 Å². The van der Waals surface area contributed by atoms with Gasteiger partial charge in [0.15, 0.2) is 0 Å². The van der Waals surface area contributed by atoms with E-state index in [4.69, 9.17) is 4.74 Å². The monoisotopic (exact) mass is 199 g/mol. The van der Waals surface area contributed by atoms with Crippen molar-refractivity contribution in [2.75, 3.05) is 19.8 Å². The predicted molar refractivity (Wildman–Crippen MR) is 60.5 cm³/mol. The van der Waals surface area contributed by atoms with Crippen molar-refractivity contribution < 1.29 is 4.74 Å². The molecule has 0 heterocycles. The van der Waals surface area contributed by atoms with Crippen molar-refractivity contribution in [1.82, 2.24) is 5.32 Å². The first-order valence-electron chi connectivity index (χ1n) is 6.18. The molecule has 0 aromatic carbocycles. The minimum Gasteiger partial charge on any atom is -0.381 e. The molecule has 2 nitrogen and oxygen atoms in total. The van der Waals surface area contributed by atoms with Crippen LogP contribution in [0.15, 0.2) is 0 Å². The topological polar surface area (TPSA) is 21.3 Å². The van der Waals surface area contributed by atoms with Crippen molar-refractivity contribution in [3.05, 3.63) is 0 Å². The average Bonchev–Trinajstić information content (AvgIpc) is 2.41. The van der Waals surface area contributed by atoms with Crippen molar-refractivity contribution in [2.24, 2.45) is 5.92 Å². The summed E-state index contributed by atoms with van der Waals surface area (Å²) in [5, 5.41) is 3.58. The lowest BCUT2D eigenvalue weighted by atomic mass is 9.99. The summed E-state index contributed by atoms with van der Waals surface area (Å²) in [6.45, 7) is 7.22. The molecule has 1 aliphatic carbocycles. The molecule has 1 N–H and O–H groups in total. The van der Waals surface area contributed by atoms with Crippen LogP contribution in [0.5, 0.6) is 0 Å². The molecule has 0 aromatic rings. The molecule has 2 heteroatoms. The van der Waals surface area contributed by atoms with E-state index in [2.05, 4.69) is 19.2 Å². The molecule has 0 spiro atoms. The third kappa shape index (κ3) is 4.43. The van der Waals surface area contributed by atoms with E-state index in [9.17, 15) is 0 Å². The van der Waals surface area contributed by atoms with Gasteiger partial charge in [0.05, 0.1) is 0 Å². The van der Waals surface area contributed by atoms with E-state index in [0.29, 0.717) is 0 Å². The average molecular weight is 199 g/mol. The van der Waals surface area contributed by atoms with Crippen LogP contribution in [-0.4, -0.2) is 25.8 Å². The Labute approximate surface area is 88.4 Å². The van der Waals surface area contributed by atoms with Gasteiger partial charge in [0.2, 0.25) is 0 Å². The van der Waals surface area contributed by atoms with E-state index in [1.54, 1.807) is 0 Å². The fourth-order valence-electron chi connectivity index (χ4n) is 2.37. The molecule has 0 bridgehead atoms. The summed E-state index contributed by atoms with van der Waals surface area (Å²) in [6.07, 6.45) is 6.81. The molecule has 1 saturated carbocycles. The first-order valence-corrected chi connectivity index (χ1v) is 6.18. The molecular weight excluding hydrogens is 174 g/mol. The molecular formula is C12H25NO. The van der Waals surface area contributed by atoms with Gasteiger partial charge in [-0.3, -0.25) is 0 Å². The molecule has 1 rings (SSSR count). The Morgan fingerprint density at radius 1 is 1.21 bits per heavy atom. The summed E-state index contributed by atoms with van der Waals surface area (Å²) in [4.78, 5) is 0. The number of hydrogen-bond donors (Lipinski definition) is 1. The van der Waals surface area contributed by atoms with Gasteiger partial charge in [-0.15, -0.1) is 0 Å². The van der Waals surface area contributed by atoms with E-state index in [1.807, 2.05) is 0 Å². The second-order valence-electron chi connectivity index (χ2n) is 4.30. The van der Waals surface area contributed by atoms with E-state index in [1.165, 1.54) is 32.1 Å². The van der Waals surface area contributed by atoms with Gasteiger partial charge in [-0.05, 0) is 38.6 Å². The highest BCUT2D eigenvalue weighted by molar-refractivity contribution is 4.75. The van der Waals surface area contributed by atoms with Crippen molar-refractivity contribution in [3.63, 3.8) is 0 Å². The Balaban J connectivity index is 2.27. The molecule has 14 heavy (non-hydrogen) atoms. The van der Waals surface area contributed by atoms with Crippen LogP contribution in [0, 0.1) is 5.92 Å². The number of hydrogen-bond acceptors (Lipinski definition) is 2. The number of nitrogens with one attached hydrogen (secondary N) is 1. The smallest absolute Gasteiger partial charge is 0.0494 e. The van der Waals surface area contributed by atoms with Crippen LogP contribution in [0.4, 0.5) is 0 Å². The zero-order chi connectivity index (χ0) is 10.2. The molecule has 84 valence electrons. The first-order chi connectivity index (χ1) is 6.86. The molecule has 1 aliphatic rings. The van der Waals surface area contributed by atoms with Crippen molar-refractivity contribution in [2.45, 2.75) is 52.0 Å². The Kier molecular flexibility index (Phi) is 6.20. The van der Waals surface area contributed by atoms with Gasteiger partial charge < -0.3 is 10.1 Å². The predicted octanol–water partition coefficient (Wildman–Crippen LogP) is 2.58. The van der Waals surface area contributed by atoms with Gasteiger partial charge in [-0.2, -0.15) is 0 Å². The highest BCUT2D eigenvalue weighted by Gasteiger charge is 2.19. The second kappa shape index (κ2) is 7.24. The third-order valence-corrected chi connectivity index (χ3v) is 3.08.